The summed E-state index contributed by atoms with van der Waals surface area (Å²) in [4.78, 5) is 16.9. The number of ether oxygens (including phenoxy) is 4. The molecule has 5 rings (SSSR count). The standard InChI is InChI=1S/C24H28N2O5/c1-15-12-16(2-3-21(15)31-18-5-8-28-9-6-18)17-4-7-25-22(13-17)26-23(27)19-14-20(19)24-29-10-11-30-24/h2-4,7,12-13,18-20,24H,5-6,8-11,14H2,1H3,(H,25,26,27)/t19-,20-/m1/s1. The molecule has 1 aromatic carbocycles. The van der Waals surface area contributed by atoms with Gasteiger partial charge in [0.15, 0.2) is 6.29 Å². The number of pyridine rings is 1. The van der Waals surface area contributed by atoms with E-state index in [2.05, 4.69) is 23.3 Å². The molecule has 2 aromatic rings. The molecule has 1 saturated carbocycles. The Morgan fingerprint density at radius 2 is 1.84 bits per heavy atom. The fraction of sp³-hybridized carbons (Fsp3) is 0.500. The second-order valence-corrected chi connectivity index (χ2v) is 8.44. The van der Waals surface area contributed by atoms with Gasteiger partial charge in [-0.05, 0) is 54.3 Å². The van der Waals surface area contributed by atoms with E-state index >= 15 is 0 Å². The summed E-state index contributed by atoms with van der Waals surface area (Å²) in [5, 5.41) is 2.95. The van der Waals surface area contributed by atoms with Gasteiger partial charge in [0, 0.05) is 30.9 Å². The number of hydrogen-bond donors (Lipinski definition) is 1. The van der Waals surface area contributed by atoms with Gasteiger partial charge in [-0.2, -0.15) is 0 Å². The monoisotopic (exact) mass is 424 g/mol. The molecule has 3 heterocycles. The highest BCUT2D eigenvalue weighted by Gasteiger charge is 2.50. The van der Waals surface area contributed by atoms with Crippen LogP contribution in [-0.2, 0) is 19.0 Å². The summed E-state index contributed by atoms with van der Waals surface area (Å²) in [7, 11) is 0. The minimum atomic E-state index is -0.236. The third kappa shape index (κ3) is 4.74. The summed E-state index contributed by atoms with van der Waals surface area (Å²) in [5.41, 5.74) is 3.15. The minimum absolute atomic E-state index is 0.0230. The molecular weight excluding hydrogens is 396 g/mol. The van der Waals surface area contributed by atoms with Gasteiger partial charge in [-0.15, -0.1) is 0 Å². The topological polar surface area (TPSA) is 78.9 Å². The molecule has 0 spiro atoms. The Morgan fingerprint density at radius 1 is 1.06 bits per heavy atom. The molecule has 2 atom stereocenters. The van der Waals surface area contributed by atoms with Gasteiger partial charge in [0.2, 0.25) is 5.91 Å². The molecule has 2 aliphatic heterocycles. The van der Waals surface area contributed by atoms with Crippen molar-refractivity contribution in [2.24, 2.45) is 11.8 Å². The number of anilines is 1. The molecule has 1 N–H and O–H groups in total. The van der Waals surface area contributed by atoms with Gasteiger partial charge in [0.25, 0.3) is 0 Å². The van der Waals surface area contributed by atoms with Crippen molar-refractivity contribution in [3.05, 3.63) is 42.1 Å². The van der Waals surface area contributed by atoms with Gasteiger partial charge in [-0.3, -0.25) is 4.79 Å². The Hall–Kier alpha value is -2.48. The molecule has 1 aromatic heterocycles. The van der Waals surface area contributed by atoms with Crippen molar-refractivity contribution in [2.45, 2.75) is 38.6 Å². The molecule has 3 fully saturated rings. The van der Waals surface area contributed by atoms with Gasteiger partial charge in [0.05, 0.1) is 26.4 Å². The summed E-state index contributed by atoms with van der Waals surface area (Å²) in [6.45, 7) is 4.79. The molecule has 7 heteroatoms. The van der Waals surface area contributed by atoms with Crippen LogP contribution in [-0.4, -0.2) is 49.7 Å². The number of aromatic nitrogens is 1. The van der Waals surface area contributed by atoms with E-state index in [1.54, 1.807) is 6.20 Å². The average Bonchev–Trinajstić information content (AvgIpc) is 3.41. The summed E-state index contributed by atoms with van der Waals surface area (Å²) in [5.74, 6) is 1.52. The first kappa shape index (κ1) is 20.4. The van der Waals surface area contributed by atoms with Crippen molar-refractivity contribution < 1.29 is 23.7 Å². The number of aryl methyl sites for hydroxylation is 1. The summed E-state index contributed by atoms with van der Waals surface area (Å²) in [6.07, 6.45) is 4.35. The maximum absolute atomic E-state index is 12.6. The molecule has 0 radical (unpaired) electrons. The van der Waals surface area contributed by atoms with Crippen LogP contribution >= 0.6 is 0 Å². The lowest BCUT2D eigenvalue weighted by atomic mass is 10.0. The zero-order valence-electron chi connectivity index (χ0n) is 17.7. The summed E-state index contributed by atoms with van der Waals surface area (Å²) < 4.78 is 22.6. The van der Waals surface area contributed by atoms with Crippen molar-refractivity contribution in [1.82, 2.24) is 4.98 Å². The number of rotatable bonds is 6. The van der Waals surface area contributed by atoms with E-state index in [4.69, 9.17) is 18.9 Å². The number of carbonyl (C=O) groups excluding carboxylic acids is 1. The smallest absolute Gasteiger partial charge is 0.229 e. The zero-order chi connectivity index (χ0) is 21.2. The molecule has 164 valence electrons. The largest absolute Gasteiger partial charge is 0.490 e. The van der Waals surface area contributed by atoms with Gasteiger partial charge in [0.1, 0.15) is 17.7 Å². The fourth-order valence-corrected chi connectivity index (χ4v) is 4.27. The van der Waals surface area contributed by atoms with E-state index in [1.165, 1.54) is 0 Å². The van der Waals surface area contributed by atoms with Crippen LogP contribution in [0.3, 0.4) is 0 Å². The van der Waals surface area contributed by atoms with Crippen molar-refractivity contribution in [1.29, 1.82) is 0 Å². The quantitative estimate of drug-likeness (QED) is 0.764. The van der Waals surface area contributed by atoms with Crippen molar-refractivity contribution in [3.63, 3.8) is 0 Å². The maximum atomic E-state index is 12.6. The molecule has 0 unspecified atom stereocenters. The second-order valence-electron chi connectivity index (χ2n) is 8.44. The highest BCUT2D eigenvalue weighted by atomic mass is 16.7. The van der Waals surface area contributed by atoms with Gasteiger partial charge < -0.3 is 24.3 Å². The second kappa shape index (κ2) is 8.94. The van der Waals surface area contributed by atoms with Crippen molar-refractivity contribution >= 4 is 11.7 Å². The Kier molecular flexibility index (Phi) is 5.89. The van der Waals surface area contributed by atoms with Crippen LogP contribution in [0.4, 0.5) is 5.82 Å². The molecule has 1 amide bonds. The number of carbonyl (C=O) groups is 1. The van der Waals surface area contributed by atoms with Crippen LogP contribution in [0.2, 0.25) is 0 Å². The number of nitrogens with one attached hydrogen (secondary N) is 1. The predicted octanol–water partition coefficient (Wildman–Crippen LogP) is 3.56. The molecule has 7 nitrogen and oxygen atoms in total. The number of hydrogen-bond acceptors (Lipinski definition) is 6. The molecule has 1 aliphatic carbocycles. The van der Waals surface area contributed by atoms with Crippen LogP contribution in [0.25, 0.3) is 11.1 Å². The van der Waals surface area contributed by atoms with E-state index in [-0.39, 0.29) is 30.1 Å². The molecule has 0 bridgehead atoms. The van der Waals surface area contributed by atoms with Crippen molar-refractivity contribution in [2.75, 3.05) is 31.7 Å². The Labute approximate surface area is 182 Å². The minimum Gasteiger partial charge on any atom is -0.490 e. The van der Waals surface area contributed by atoms with Crippen molar-refractivity contribution in [3.8, 4) is 16.9 Å². The normalized spacial score (nSPS) is 24.2. The summed E-state index contributed by atoms with van der Waals surface area (Å²) >= 11 is 0. The summed E-state index contributed by atoms with van der Waals surface area (Å²) in [6, 6.07) is 10.0. The van der Waals surface area contributed by atoms with Crippen LogP contribution < -0.4 is 10.1 Å². The molecule has 31 heavy (non-hydrogen) atoms. The van der Waals surface area contributed by atoms with Crippen LogP contribution in [0, 0.1) is 18.8 Å². The highest BCUT2D eigenvalue weighted by molar-refractivity contribution is 5.94. The number of nitrogens with zero attached hydrogens (tertiary/aromatic N) is 1. The fourth-order valence-electron chi connectivity index (χ4n) is 4.27. The lowest BCUT2D eigenvalue weighted by molar-refractivity contribution is -0.119. The van der Waals surface area contributed by atoms with Gasteiger partial charge in [-0.1, -0.05) is 6.07 Å². The van der Waals surface area contributed by atoms with Crippen LogP contribution in [0.5, 0.6) is 5.75 Å². The SMILES string of the molecule is Cc1cc(-c2ccnc(NC(=O)[C@@H]3C[C@H]3C3OCCO3)c2)ccc1OC1CCOCC1. The number of amides is 1. The molecule has 3 aliphatic rings. The van der Waals surface area contributed by atoms with Crippen LogP contribution in [0.1, 0.15) is 24.8 Å². The number of benzene rings is 1. The van der Waals surface area contributed by atoms with E-state index in [9.17, 15) is 4.79 Å². The Bertz CT molecular complexity index is 937. The first-order chi connectivity index (χ1) is 15.2. The van der Waals surface area contributed by atoms with E-state index in [0.717, 1.165) is 54.9 Å². The highest BCUT2D eigenvalue weighted by Crippen LogP contribution is 2.44. The van der Waals surface area contributed by atoms with Gasteiger partial charge in [-0.25, -0.2) is 4.98 Å². The first-order valence-corrected chi connectivity index (χ1v) is 11.0. The van der Waals surface area contributed by atoms with E-state index < -0.39 is 0 Å². The average molecular weight is 424 g/mol. The van der Waals surface area contributed by atoms with E-state index in [0.29, 0.717) is 19.0 Å². The third-order valence-corrected chi connectivity index (χ3v) is 6.16. The Balaban J connectivity index is 1.23. The van der Waals surface area contributed by atoms with Crippen LogP contribution in [0.15, 0.2) is 36.5 Å². The lowest BCUT2D eigenvalue weighted by Crippen LogP contribution is -2.26. The first-order valence-electron chi connectivity index (χ1n) is 11.0. The molecule has 2 saturated heterocycles. The zero-order valence-corrected chi connectivity index (χ0v) is 17.7. The third-order valence-electron chi connectivity index (χ3n) is 6.16. The predicted molar refractivity (Wildman–Crippen MR) is 115 cm³/mol. The molecular formula is C24H28N2O5. The Morgan fingerprint density at radius 3 is 2.61 bits per heavy atom. The van der Waals surface area contributed by atoms with E-state index in [1.807, 2.05) is 24.3 Å². The van der Waals surface area contributed by atoms with Gasteiger partial charge >= 0.3 is 0 Å². The maximum Gasteiger partial charge on any atom is 0.229 e. The lowest BCUT2D eigenvalue weighted by Gasteiger charge is -2.24.